The van der Waals surface area contributed by atoms with Gasteiger partial charge in [0.15, 0.2) is 0 Å². The molecule has 0 unspecified atom stereocenters. The molecule has 1 saturated heterocycles. The van der Waals surface area contributed by atoms with Gasteiger partial charge in [-0.15, -0.1) is 0 Å². The third kappa shape index (κ3) is 2.44. The number of hydrogen-bond donors (Lipinski definition) is 0. The first-order valence-corrected chi connectivity index (χ1v) is 5.54. The summed E-state index contributed by atoms with van der Waals surface area (Å²) in [7, 11) is 1.84. The van der Waals surface area contributed by atoms with Crippen molar-refractivity contribution in [2.45, 2.75) is 32.3 Å². The van der Waals surface area contributed by atoms with E-state index in [1.54, 1.807) is 0 Å². The smallest absolute Gasteiger partial charge is 0.0621 e. The van der Waals surface area contributed by atoms with Crippen LogP contribution in [0.2, 0.25) is 0 Å². The average Bonchev–Trinajstić information content (AvgIpc) is 2.89. The van der Waals surface area contributed by atoms with Crippen molar-refractivity contribution in [3.05, 3.63) is 0 Å². The Hall–Kier alpha value is -0.0800. The highest BCUT2D eigenvalue weighted by atomic mass is 16.5. The molecule has 1 aliphatic carbocycles. The zero-order valence-corrected chi connectivity index (χ0v) is 8.83. The quantitative estimate of drug-likeness (QED) is 0.661. The van der Waals surface area contributed by atoms with Gasteiger partial charge in [-0.05, 0) is 31.1 Å². The second kappa shape index (κ2) is 3.97. The van der Waals surface area contributed by atoms with Crippen LogP contribution in [0.4, 0.5) is 0 Å². The van der Waals surface area contributed by atoms with Gasteiger partial charge >= 0.3 is 0 Å². The van der Waals surface area contributed by atoms with Crippen molar-refractivity contribution in [2.24, 2.45) is 11.8 Å². The molecule has 0 radical (unpaired) electrons. The minimum Gasteiger partial charge on any atom is -0.381 e. The standard InChI is InChI=1S/C11H21NO/c1-9-7-12(8-10-3-4-10)6-5-11(9)13-2/h9-11H,3-8H2,1-2H3/t9-,11+/m1/s1. The fourth-order valence-electron chi connectivity index (χ4n) is 2.39. The molecule has 76 valence electrons. The highest BCUT2D eigenvalue weighted by Crippen LogP contribution is 2.31. The number of rotatable bonds is 3. The maximum atomic E-state index is 5.45. The highest BCUT2D eigenvalue weighted by Gasteiger charge is 2.30. The molecule has 2 nitrogen and oxygen atoms in total. The summed E-state index contributed by atoms with van der Waals surface area (Å²) < 4.78 is 5.45. The fourth-order valence-corrected chi connectivity index (χ4v) is 2.39. The van der Waals surface area contributed by atoms with E-state index in [-0.39, 0.29) is 0 Å². The zero-order chi connectivity index (χ0) is 9.26. The van der Waals surface area contributed by atoms with E-state index in [2.05, 4.69) is 11.8 Å². The first-order chi connectivity index (χ1) is 6.29. The molecule has 0 aromatic carbocycles. The van der Waals surface area contributed by atoms with Gasteiger partial charge in [-0.25, -0.2) is 0 Å². The van der Waals surface area contributed by atoms with Crippen molar-refractivity contribution in [2.75, 3.05) is 26.7 Å². The fraction of sp³-hybridized carbons (Fsp3) is 1.00. The maximum Gasteiger partial charge on any atom is 0.0621 e. The lowest BCUT2D eigenvalue weighted by Gasteiger charge is -2.36. The lowest BCUT2D eigenvalue weighted by molar-refractivity contribution is -0.000549. The molecule has 1 aliphatic heterocycles. The Bertz CT molecular complexity index is 167. The van der Waals surface area contributed by atoms with Gasteiger partial charge in [0.05, 0.1) is 6.10 Å². The number of nitrogens with zero attached hydrogens (tertiary/aromatic N) is 1. The Labute approximate surface area is 81.3 Å². The number of hydrogen-bond acceptors (Lipinski definition) is 2. The van der Waals surface area contributed by atoms with Gasteiger partial charge in [0, 0.05) is 26.7 Å². The molecule has 0 N–H and O–H groups in total. The zero-order valence-electron chi connectivity index (χ0n) is 8.83. The first-order valence-electron chi connectivity index (χ1n) is 5.54. The van der Waals surface area contributed by atoms with Crippen LogP contribution < -0.4 is 0 Å². The van der Waals surface area contributed by atoms with Gasteiger partial charge in [0.2, 0.25) is 0 Å². The van der Waals surface area contributed by atoms with Crippen LogP contribution in [0, 0.1) is 11.8 Å². The summed E-state index contributed by atoms with van der Waals surface area (Å²) in [6.07, 6.45) is 4.68. The van der Waals surface area contributed by atoms with Gasteiger partial charge in [-0.2, -0.15) is 0 Å². The molecule has 2 heteroatoms. The van der Waals surface area contributed by atoms with Crippen LogP contribution in [0.1, 0.15) is 26.2 Å². The van der Waals surface area contributed by atoms with Gasteiger partial charge in [0.25, 0.3) is 0 Å². The predicted molar refractivity (Wildman–Crippen MR) is 53.7 cm³/mol. The highest BCUT2D eigenvalue weighted by molar-refractivity contribution is 4.83. The summed E-state index contributed by atoms with van der Waals surface area (Å²) in [5, 5.41) is 0. The molecule has 1 heterocycles. The topological polar surface area (TPSA) is 12.5 Å². The van der Waals surface area contributed by atoms with Crippen LogP contribution in [0.25, 0.3) is 0 Å². The van der Waals surface area contributed by atoms with E-state index in [1.165, 1.54) is 38.9 Å². The van der Waals surface area contributed by atoms with E-state index < -0.39 is 0 Å². The first kappa shape index (κ1) is 9.47. The van der Waals surface area contributed by atoms with E-state index in [0.29, 0.717) is 6.10 Å². The monoisotopic (exact) mass is 183 g/mol. The number of methoxy groups -OCH3 is 1. The minimum absolute atomic E-state index is 0.510. The molecule has 0 amide bonds. The third-order valence-electron chi connectivity index (χ3n) is 3.43. The molecule has 2 atom stereocenters. The van der Waals surface area contributed by atoms with Crippen LogP contribution in [0.5, 0.6) is 0 Å². The van der Waals surface area contributed by atoms with E-state index >= 15 is 0 Å². The molecule has 0 spiro atoms. The SMILES string of the molecule is CO[C@H]1CCN(CC2CC2)C[C@H]1C. The van der Waals surface area contributed by atoms with Gasteiger partial charge < -0.3 is 9.64 Å². The molecule has 2 aliphatic rings. The lowest BCUT2D eigenvalue weighted by Crippen LogP contribution is -2.43. The molecule has 13 heavy (non-hydrogen) atoms. The van der Waals surface area contributed by atoms with E-state index in [9.17, 15) is 0 Å². The van der Waals surface area contributed by atoms with Crippen molar-refractivity contribution in [3.63, 3.8) is 0 Å². The van der Waals surface area contributed by atoms with Crippen molar-refractivity contribution in [1.82, 2.24) is 4.90 Å². The van der Waals surface area contributed by atoms with E-state index in [0.717, 1.165) is 11.8 Å². The second-order valence-electron chi connectivity index (χ2n) is 4.74. The maximum absolute atomic E-state index is 5.45. The van der Waals surface area contributed by atoms with Crippen molar-refractivity contribution in [3.8, 4) is 0 Å². The Kier molecular flexibility index (Phi) is 2.89. The molecule has 0 aromatic rings. The summed E-state index contributed by atoms with van der Waals surface area (Å²) in [4.78, 5) is 2.62. The summed E-state index contributed by atoms with van der Waals surface area (Å²) >= 11 is 0. The van der Waals surface area contributed by atoms with Gasteiger partial charge in [-0.1, -0.05) is 6.92 Å². The van der Waals surface area contributed by atoms with Crippen molar-refractivity contribution < 1.29 is 4.74 Å². The Morgan fingerprint density at radius 2 is 2.08 bits per heavy atom. The summed E-state index contributed by atoms with van der Waals surface area (Å²) in [5.74, 6) is 1.75. The van der Waals surface area contributed by atoms with Gasteiger partial charge in [-0.3, -0.25) is 0 Å². The Morgan fingerprint density at radius 3 is 2.62 bits per heavy atom. The number of likely N-dealkylation sites (tertiary alicyclic amines) is 1. The average molecular weight is 183 g/mol. The molecular weight excluding hydrogens is 162 g/mol. The molecule has 2 fully saturated rings. The summed E-state index contributed by atoms with van der Waals surface area (Å²) in [6.45, 7) is 6.16. The molecular formula is C11H21NO. The summed E-state index contributed by atoms with van der Waals surface area (Å²) in [5.41, 5.74) is 0. The summed E-state index contributed by atoms with van der Waals surface area (Å²) in [6, 6.07) is 0. The Balaban J connectivity index is 1.76. The molecule has 1 saturated carbocycles. The minimum atomic E-state index is 0.510. The molecule has 2 rings (SSSR count). The van der Waals surface area contributed by atoms with E-state index in [1.807, 2.05) is 7.11 Å². The van der Waals surface area contributed by atoms with E-state index in [4.69, 9.17) is 4.74 Å². The van der Waals surface area contributed by atoms with Crippen LogP contribution in [0.15, 0.2) is 0 Å². The molecule has 0 aromatic heterocycles. The largest absolute Gasteiger partial charge is 0.381 e. The Morgan fingerprint density at radius 1 is 1.31 bits per heavy atom. The third-order valence-corrected chi connectivity index (χ3v) is 3.43. The van der Waals surface area contributed by atoms with Crippen LogP contribution in [-0.2, 0) is 4.74 Å². The number of ether oxygens (including phenoxy) is 1. The second-order valence-corrected chi connectivity index (χ2v) is 4.74. The van der Waals surface area contributed by atoms with Crippen molar-refractivity contribution >= 4 is 0 Å². The normalized spacial score (nSPS) is 36.5. The van der Waals surface area contributed by atoms with Crippen LogP contribution in [-0.4, -0.2) is 37.7 Å². The predicted octanol–water partition coefficient (Wildman–Crippen LogP) is 1.75. The van der Waals surface area contributed by atoms with Crippen molar-refractivity contribution in [1.29, 1.82) is 0 Å². The molecule has 0 bridgehead atoms. The lowest BCUT2D eigenvalue weighted by atomic mass is 9.96. The van der Waals surface area contributed by atoms with Crippen LogP contribution >= 0.6 is 0 Å². The van der Waals surface area contributed by atoms with Gasteiger partial charge in [0.1, 0.15) is 0 Å². The van der Waals surface area contributed by atoms with Crippen LogP contribution in [0.3, 0.4) is 0 Å². The number of piperidine rings is 1.